The molecular formula is C20H11Cl2FN4O2. The van der Waals surface area contributed by atoms with E-state index in [9.17, 15) is 9.18 Å². The first-order chi connectivity index (χ1) is 13.9. The summed E-state index contributed by atoms with van der Waals surface area (Å²) in [5, 5.41) is 11.7. The Hall–Kier alpha value is -3.52. The lowest BCUT2D eigenvalue weighted by atomic mass is 10.1. The van der Waals surface area contributed by atoms with Crippen LogP contribution in [0.15, 0.2) is 36.7 Å². The van der Waals surface area contributed by atoms with Crippen LogP contribution in [0.25, 0.3) is 0 Å². The van der Waals surface area contributed by atoms with E-state index >= 15 is 0 Å². The third kappa shape index (κ3) is 4.49. The van der Waals surface area contributed by atoms with E-state index in [1.54, 1.807) is 0 Å². The van der Waals surface area contributed by atoms with Crippen LogP contribution < -0.4 is 10.1 Å². The molecule has 0 fully saturated rings. The molecule has 0 aliphatic heterocycles. The zero-order valence-corrected chi connectivity index (χ0v) is 16.1. The van der Waals surface area contributed by atoms with Crippen molar-refractivity contribution in [2.45, 2.75) is 6.54 Å². The number of carbonyl (C=O) groups is 1. The monoisotopic (exact) mass is 428 g/mol. The van der Waals surface area contributed by atoms with Gasteiger partial charge in [-0.2, -0.15) is 5.26 Å². The van der Waals surface area contributed by atoms with Gasteiger partial charge in [0.1, 0.15) is 10.9 Å². The Morgan fingerprint density at radius 3 is 2.72 bits per heavy atom. The number of ether oxygens (including phenoxy) is 1. The second-order valence-corrected chi connectivity index (χ2v) is 6.49. The van der Waals surface area contributed by atoms with Gasteiger partial charge in [0.25, 0.3) is 5.91 Å². The first-order valence-corrected chi connectivity index (χ1v) is 8.82. The van der Waals surface area contributed by atoms with Gasteiger partial charge >= 0.3 is 0 Å². The van der Waals surface area contributed by atoms with Gasteiger partial charge in [-0.25, -0.2) is 9.37 Å². The van der Waals surface area contributed by atoms with E-state index in [1.165, 1.54) is 36.7 Å². The van der Waals surface area contributed by atoms with Crippen molar-refractivity contribution in [3.8, 4) is 29.9 Å². The quantitative estimate of drug-likeness (QED) is 0.587. The predicted molar refractivity (Wildman–Crippen MR) is 105 cm³/mol. The van der Waals surface area contributed by atoms with E-state index < -0.39 is 11.7 Å². The van der Waals surface area contributed by atoms with Crippen LogP contribution in [0.1, 0.15) is 27.2 Å². The first kappa shape index (κ1) is 20.2. The number of rotatable bonds is 5. The Labute approximate surface area is 175 Å². The molecule has 0 aliphatic rings. The van der Waals surface area contributed by atoms with Gasteiger partial charge in [-0.1, -0.05) is 35.2 Å². The summed E-state index contributed by atoms with van der Waals surface area (Å²) in [5.41, 5.74) is 0.770. The van der Waals surface area contributed by atoms with E-state index in [-0.39, 0.29) is 45.0 Å². The summed E-state index contributed by atoms with van der Waals surface area (Å²) in [6.45, 7) is -0.158. The van der Waals surface area contributed by atoms with Crippen molar-refractivity contribution in [2.75, 3.05) is 0 Å². The number of terminal acetylenes is 1. The van der Waals surface area contributed by atoms with Gasteiger partial charge in [0.05, 0.1) is 23.0 Å². The van der Waals surface area contributed by atoms with E-state index in [1.807, 2.05) is 6.07 Å². The number of nitrogens with one attached hydrogen (secondary N) is 2. The van der Waals surface area contributed by atoms with Gasteiger partial charge in [-0.15, -0.1) is 6.42 Å². The van der Waals surface area contributed by atoms with Crippen molar-refractivity contribution in [3.05, 3.63) is 75.0 Å². The summed E-state index contributed by atoms with van der Waals surface area (Å²) in [7, 11) is 0. The molecule has 2 N–H and O–H groups in total. The summed E-state index contributed by atoms with van der Waals surface area (Å²) in [5.74, 6) is 0.951. The Morgan fingerprint density at radius 2 is 2.07 bits per heavy atom. The van der Waals surface area contributed by atoms with Gasteiger partial charge in [-0.05, 0) is 24.3 Å². The molecule has 3 rings (SSSR count). The molecule has 1 heterocycles. The van der Waals surface area contributed by atoms with Crippen LogP contribution in [0.3, 0.4) is 0 Å². The number of H-pyrrole nitrogens is 1. The zero-order chi connectivity index (χ0) is 21.0. The highest BCUT2D eigenvalue weighted by Gasteiger charge is 2.18. The molecule has 1 amide bonds. The molecule has 6 nitrogen and oxygen atoms in total. The Morgan fingerprint density at radius 1 is 1.31 bits per heavy atom. The Balaban J connectivity index is 1.84. The molecule has 0 saturated heterocycles. The maximum absolute atomic E-state index is 14.9. The molecule has 0 aliphatic carbocycles. The van der Waals surface area contributed by atoms with E-state index in [4.69, 9.17) is 39.6 Å². The number of amides is 1. The summed E-state index contributed by atoms with van der Waals surface area (Å²) < 4.78 is 20.5. The SMILES string of the molecule is C#Cc1cc(C#N)cc(Oc2c(Cl)ccc(CNC(=O)c3nc[nH]c3Cl)c2F)c1. The standard InChI is InChI=1S/C20H11Cl2FN4O2/c1-2-11-5-12(8-24)7-14(6-11)29-18-15(21)4-3-13(16(18)23)9-25-20(28)17-19(22)27-10-26-17/h1,3-7,10H,9H2,(H,25,28)(H,26,27). The van der Waals surface area contributed by atoms with Gasteiger partial charge in [0, 0.05) is 17.7 Å². The van der Waals surface area contributed by atoms with Crippen molar-refractivity contribution < 1.29 is 13.9 Å². The molecule has 3 aromatic rings. The number of aromatic amines is 1. The smallest absolute Gasteiger partial charge is 0.273 e. The minimum Gasteiger partial charge on any atom is -0.453 e. The van der Waals surface area contributed by atoms with Gasteiger partial charge in [0.2, 0.25) is 0 Å². The summed E-state index contributed by atoms with van der Waals surface area (Å²) in [4.78, 5) is 18.4. The molecular weight excluding hydrogens is 418 g/mol. The van der Waals surface area contributed by atoms with Crippen LogP contribution in [-0.2, 0) is 6.54 Å². The van der Waals surface area contributed by atoms with Crippen LogP contribution in [0.5, 0.6) is 11.5 Å². The van der Waals surface area contributed by atoms with E-state index in [0.717, 1.165) is 0 Å². The number of aromatic nitrogens is 2. The average molecular weight is 429 g/mol. The summed E-state index contributed by atoms with van der Waals surface area (Å²) in [6.07, 6.45) is 6.64. The van der Waals surface area contributed by atoms with Crippen LogP contribution in [0.2, 0.25) is 10.2 Å². The van der Waals surface area contributed by atoms with Crippen molar-refractivity contribution in [2.24, 2.45) is 0 Å². The molecule has 1 aromatic heterocycles. The number of hydrogen-bond donors (Lipinski definition) is 2. The number of benzene rings is 2. The maximum Gasteiger partial charge on any atom is 0.273 e. The van der Waals surface area contributed by atoms with E-state index in [2.05, 4.69) is 21.2 Å². The normalized spacial score (nSPS) is 10.1. The molecule has 0 radical (unpaired) electrons. The molecule has 2 aromatic carbocycles. The molecule has 0 unspecified atom stereocenters. The summed E-state index contributed by atoms with van der Waals surface area (Å²) in [6, 6.07) is 9.17. The van der Waals surface area contributed by atoms with Crippen LogP contribution in [-0.4, -0.2) is 15.9 Å². The second kappa shape index (κ2) is 8.66. The molecule has 0 spiro atoms. The van der Waals surface area contributed by atoms with Crippen molar-refractivity contribution in [1.29, 1.82) is 5.26 Å². The van der Waals surface area contributed by atoms with Crippen LogP contribution in [0.4, 0.5) is 4.39 Å². The Bertz CT molecular complexity index is 1150. The summed E-state index contributed by atoms with van der Waals surface area (Å²) >= 11 is 11.9. The van der Waals surface area contributed by atoms with Crippen molar-refractivity contribution in [1.82, 2.24) is 15.3 Å². The van der Waals surface area contributed by atoms with Crippen LogP contribution in [0, 0.1) is 29.5 Å². The number of nitriles is 1. The van der Waals surface area contributed by atoms with E-state index in [0.29, 0.717) is 5.56 Å². The fraction of sp³-hybridized carbons (Fsp3) is 0.0500. The highest BCUT2D eigenvalue weighted by atomic mass is 35.5. The molecule has 0 atom stereocenters. The zero-order valence-electron chi connectivity index (χ0n) is 14.6. The molecule has 29 heavy (non-hydrogen) atoms. The molecule has 0 bridgehead atoms. The number of halogens is 3. The van der Waals surface area contributed by atoms with Crippen molar-refractivity contribution >= 4 is 29.1 Å². The van der Waals surface area contributed by atoms with Crippen molar-refractivity contribution in [3.63, 3.8) is 0 Å². The lowest BCUT2D eigenvalue weighted by molar-refractivity contribution is 0.0946. The molecule has 0 saturated carbocycles. The van der Waals surface area contributed by atoms with Gasteiger partial charge in [-0.3, -0.25) is 4.79 Å². The third-order valence-corrected chi connectivity index (χ3v) is 4.38. The first-order valence-electron chi connectivity index (χ1n) is 8.06. The second-order valence-electron chi connectivity index (χ2n) is 5.70. The highest BCUT2D eigenvalue weighted by Crippen LogP contribution is 2.34. The topological polar surface area (TPSA) is 90.8 Å². The molecule has 9 heteroatoms. The number of carbonyl (C=O) groups excluding carboxylic acids is 1. The lowest BCUT2D eigenvalue weighted by Crippen LogP contribution is -2.24. The van der Waals surface area contributed by atoms with Gasteiger partial charge in [0.15, 0.2) is 17.3 Å². The van der Waals surface area contributed by atoms with Crippen LogP contribution >= 0.6 is 23.2 Å². The number of hydrogen-bond acceptors (Lipinski definition) is 4. The maximum atomic E-state index is 14.9. The number of imidazole rings is 1. The lowest BCUT2D eigenvalue weighted by Gasteiger charge is -2.13. The third-order valence-electron chi connectivity index (χ3n) is 3.80. The fourth-order valence-electron chi connectivity index (χ4n) is 2.42. The van der Waals surface area contributed by atoms with Gasteiger partial charge < -0.3 is 15.0 Å². The largest absolute Gasteiger partial charge is 0.453 e. The Kier molecular flexibility index (Phi) is 6.04. The predicted octanol–water partition coefficient (Wildman–Crippen LogP) is 4.43. The minimum absolute atomic E-state index is 0.00681. The highest BCUT2D eigenvalue weighted by molar-refractivity contribution is 6.32. The number of nitrogens with zero attached hydrogens (tertiary/aromatic N) is 2. The molecule has 144 valence electrons. The average Bonchev–Trinajstić information content (AvgIpc) is 3.16. The minimum atomic E-state index is -0.768. The fourth-order valence-corrected chi connectivity index (χ4v) is 2.79.